The van der Waals surface area contributed by atoms with Crippen molar-refractivity contribution in [2.75, 3.05) is 31.6 Å². The molecule has 0 saturated carbocycles. The van der Waals surface area contributed by atoms with Crippen molar-refractivity contribution in [2.45, 2.75) is 11.1 Å². The van der Waals surface area contributed by atoms with Crippen LogP contribution < -0.4 is 14.8 Å². The first-order chi connectivity index (χ1) is 12.4. The molecule has 10 heteroatoms. The molecule has 26 heavy (non-hydrogen) atoms. The molecule has 0 atom stereocenters. The molecule has 140 valence electrons. The van der Waals surface area contributed by atoms with Crippen LogP contribution >= 0.6 is 22.9 Å². The minimum atomic E-state index is -3.77. The summed E-state index contributed by atoms with van der Waals surface area (Å²) in [4.78, 5) is 12.3. The van der Waals surface area contributed by atoms with Gasteiger partial charge in [-0.15, -0.1) is 11.3 Å². The van der Waals surface area contributed by atoms with Gasteiger partial charge in [-0.3, -0.25) is 4.79 Å². The smallest absolute Gasteiger partial charge is 0.253 e. The molecule has 0 bridgehead atoms. The third kappa shape index (κ3) is 4.12. The van der Waals surface area contributed by atoms with Crippen LogP contribution in [-0.4, -0.2) is 44.9 Å². The number of ether oxygens (including phenoxy) is 2. The van der Waals surface area contributed by atoms with E-state index in [9.17, 15) is 13.2 Å². The van der Waals surface area contributed by atoms with Crippen LogP contribution in [0.3, 0.4) is 0 Å². The van der Waals surface area contributed by atoms with E-state index >= 15 is 0 Å². The monoisotopic (exact) mass is 416 g/mol. The lowest BCUT2D eigenvalue weighted by Crippen LogP contribution is -2.37. The number of nitrogens with zero attached hydrogens (tertiary/aromatic N) is 1. The van der Waals surface area contributed by atoms with Gasteiger partial charge in [-0.2, -0.15) is 4.31 Å². The molecule has 2 aromatic rings. The van der Waals surface area contributed by atoms with E-state index in [0.717, 1.165) is 15.6 Å². The number of nitrogens with one attached hydrogen (secondary N) is 1. The van der Waals surface area contributed by atoms with E-state index in [4.69, 9.17) is 21.1 Å². The van der Waals surface area contributed by atoms with Crippen LogP contribution in [0.4, 0.5) is 5.69 Å². The maximum absolute atomic E-state index is 12.6. The van der Waals surface area contributed by atoms with E-state index in [-0.39, 0.29) is 17.3 Å². The van der Waals surface area contributed by atoms with Crippen molar-refractivity contribution in [1.82, 2.24) is 4.31 Å². The van der Waals surface area contributed by atoms with E-state index in [1.807, 2.05) is 0 Å². The average Bonchev–Trinajstić information content (AvgIpc) is 3.06. The summed E-state index contributed by atoms with van der Waals surface area (Å²) in [5.74, 6) is 0.707. The predicted octanol–water partition coefficient (Wildman–Crippen LogP) is 2.82. The number of rotatable bonds is 6. The van der Waals surface area contributed by atoms with Crippen LogP contribution in [0.15, 0.2) is 34.5 Å². The summed E-state index contributed by atoms with van der Waals surface area (Å²) in [5.41, 5.74) is 0.506. The number of hydrogen-bond donors (Lipinski definition) is 1. The number of likely N-dealkylation sites (N-methyl/N-ethyl adjacent to an activating group) is 1. The highest BCUT2D eigenvalue weighted by molar-refractivity contribution is 7.91. The van der Waals surface area contributed by atoms with E-state index in [1.165, 1.54) is 12.1 Å². The third-order valence-corrected chi connectivity index (χ3v) is 7.26. The number of benzene rings is 1. The Hall–Kier alpha value is -1.81. The maximum atomic E-state index is 12.6. The fourth-order valence-electron chi connectivity index (χ4n) is 2.41. The average molecular weight is 417 g/mol. The summed E-state index contributed by atoms with van der Waals surface area (Å²) in [6.07, 6.45) is 0. The summed E-state index contributed by atoms with van der Waals surface area (Å²) in [6, 6.07) is 7.98. The van der Waals surface area contributed by atoms with Gasteiger partial charge in [-0.25, -0.2) is 8.42 Å². The summed E-state index contributed by atoms with van der Waals surface area (Å²) in [6.45, 7) is 2.45. The Bertz CT molecular complexity index is 913. The van der Waals surface area contributed by atoms with Crippen LogP contribution in [0, 0.1) is 0 Å². The topological polar surface area (TPSA) is 84.9 Å². The first-order valence-electron chi connectivity index (χ1n) is 7.85. The van der Waals surface area contributed by atoms with E-state index < -0.39 is 15.9 Å². The minimum absolute atomic E-state index is 0.108. The van der Waals surface area contributed by atoms with Crippen LogP contribution in [0.1, 0.15) is 6.92 Å². The molecule has 7 nitrogen and oxygen atoms in total. The van der Waals surface area contributed by atoms with Crippen molar-refractivity contribution in [3.63, 3.8) is 0 Å². The second-order valence-electron chi connectivity index (χ2n) is 5.40. The lowest BCUT2D eigenvalue weighted by molar-refractivity contribution is -0.116. The normalized spacial score (nSPS) is 13.7. The Balaban J connectivity index is 1.70. The van der Waals surface area contributed by atoms with Crippen molar-refractivity contribution in [2.24, 2.45) is 0 Å². The number of carbonyl (C=O) groups is 1. The summed E-state index contributed by atoms with van der Waals surface area (Å²) >= 11 is 6.78. The SMILES string of the molecule is CCN(CC(=O)Nc1ccc2c(c1)OCCO2)S(=O)(=O)c1ccc(Cl)s1. The molecule has 2 heterocycles. The Labute approximate surface area is 160 Å². The molecule has 0 saturated heterocycles. The van der Waals surface area contributed by atoms with Gasteiger partial charge in [0.2, 0.25) is 5.91 Å². The van der Waals surface area contributed by atoms with E-state index in [0.29, 0.717) is 34.7 Å². The molecule has 1 aromatic heterocycles. The first kappa shape index (κ1) is 19.0. The van der Waals surface area contributed by atoms with Crippen molar-refractivity contribution in [3.05, 3.63) is 34.7 Å². The number of amides is 1. The quantitative estimate of drug-likeness (QED) is 0.782. The van der Waals surface area contributed by atoms with Crippen molar-refractivity contribution in [3.8, 4) is 11.5 Å². The van der Waals surface area contributed by atoms with Gasteiger partial charge in [0.25, 0.3) is 10.0 Å². The summed E-state index contributed by atoms with van der Waals surface area (Å²) in [5, 5.41) is 2.68. The molecule has 1 aliphatic rings. The number of thiophene rings is 1. The van der Waals surface area contributed by atoms with Crippen LogP contribution in [0.2, 0.25) is 4.34 Å². The summed E-state index contributed by atoms with van der Waals surface area (Å²) < 4.78 is 37.7. The fourth-order valence-corrected chi connectivity index (χ4v) is 5.45. The molecule has 0 spiro atoms. The number of anilines is 1. The highest BCUT2D eigenvalue weighted by Crippen LogP contribution is 2.32. The van der Waals surface area contributed by atoms with Crippen molar-refractivity contribution < 1.29 is 22.7 Å². The molecule has 0 radical (unpaired) electrons. The lowest BCUT2D eigenvalue weighted by atomic mass is 10.2. The first-order valence-corrected chi connectivity index (χ1v) is 10.5. The van der Waals surface area contributed by atoms with Crippen LogP contribution in [0.25, 0.3) is 0 Å². The Morgan fingerprint density at radius 3 is 2.62 bits per heavy atom. The molecular weight excluding hydrogens is 400 g/mol. The van der Waals surface area contributed by atoms with E-state index in [2.05, 4.69) is 5.32 Å². The van der Waals surface area contributed by atoms with E-state index in [1.54, 1.807) is 25.1 Å². The molecule has 1 aromatic carbocycles. The van der Waals surface area contributed by atoms with Gasteiger partial charge in [0.05, 0.1) is 10.9 Å². The van der Waals surface area contributed by atoms with Crippen LogP contribution in [-0.2, 0) is 14.8 Å². The van der Waals surface area contributed by atoms with Gasteiger partial charge in [0.1, 0.15) is 17.4 Å². The number of fused-ring (bicyclic) bond motifs is 1. The largest absolute Gasteiger partial charge is 0.486 e. The highest BCUT2D eigenvalue weighted by Gasteiger charge is 2.27. The Morgan fingerprint density at radius 1 is 1.23 bits per heavy atom. The fraction of sp³-hybridized carbons (Fsp3) is 0.312. The second-order valence-corrected chi connectivity index (χ2v) is 9.28. The molecule has 0 unspecified atom stereocenters. The van der Waals surface area contributed by atoms with Gasteiger partial charge >= 0.3 is 0 Å². The Morgan fingerprint density at radius 2 is 1.96 bits per heavy atom. The number of halogens is 1. The van der Waals surface area contributed by atoms with Crippen molar-refractivity contribution >= 4 is 44.6 Å². The molecule has 1 N–H and O–H groups in total. The minimum Gasteiger partial charge on any atom is -0.486 e. The third-order valence-electron chi connectivity index (χ3n) is 3.64. The number of hydrogen-bond acceptors (Lipinski definition) is 6. The molecule has 3 rings (SSSR count). The molecular formula is C16H17ClN2O5S2. The molecule has 1 amide bonds. The second kappa shape index (κ2) is 7.83. The standard InChI is InChI=1S/C16H17ClN2O5S2/c1-2-19(26(21,22)16-6-5-14(17)25-16)10-15(20)18-11-3-4-12-13(9-11)24-8-7-23-12/h3-6,9H,2,7-8,10H2,1H3,(H,18,20). The van der Waals surface area contributed by atoms with Gasteiger partial charge in [-0.1, -0.05) is 18.5 Å². The summed E-state index contributed by atoms with van der Waals surface area (Å²) in [7, 11) is -3.77. The number of sulfonamides is 1. The van der Waals surface area contributed by atoms with Crippen molar-refractivity contribution in [1.29, 1.82) is 0 Å². The lowest BCUT2D eigenvalue weighted by Gasteiger charge is -2.20. The molecule has 0 aliphatic carbocycles. The number of carbonyl (C=O) groups excluding carboxylic acids is 1. The van der Waals surface area contributed by atoms with Gasteiger partial charge in [-0.05, 0) is 24.3 Å². The van der Waals surface area contributed by atoms with Gasteiger partial charge in [0, 0.05) is 18.3 Å². The zero-order chi connectivity index (χ0) is 18.7. The van der Waals surface area contributed by atoms with Crippen LogP contribution in [0.5, 0.6) is 11.5 Å². The zero-order valence-corrected chi connectivity index (χ0v) is 16.3. The highest BCUT2D eigenvalue weighted by atomic mass is 35.5. The molecule has 1 aliphatic heterocycles. The molecule has 0 fully saturated rings. The predicted molar refractivity (Wildman–Crippen MR) is 99.8 cm³/mol. The van der Waals surface area contributed by atoms with Gasteiger partial charge < -0.3 is 14.8 Å². The Kier molecular flexibility index (Phi) is 5.71. The van der Waals surface area contributed by atoms with Gasteiger partial charge in [0.15, 0.2) is 11.5 Å². The zero-order valence-electron chi connectivity index (χ0n) is 13.9. The maximum Gasteiger partial charge on any atom is 0.253 e.